The highest BCUT2D eigenvalue weighted by molar-refractivity contribution is 6.74. The first kappa shape index (κ1) is 9.10. The minimum absolute atomic E-state index is 0.0671. The van der Waals surface area contributed by atoms with E-state index in [0.717, 1.165) is 6.07 Å². The molecule has 0 amide bonds. The van der Waals surface area contributed by atoms with Crippen LogP contribution < -0.4 is 5.46 Å². The number of hydrogen-bond donors (Lipinski definition) is 0. The standard InChI is InChI=1S/C7H6BF4/c1-5-3-2-4-6(9)7(5)8(10,11)12/h2-4H,1H3/q-1. The summed E-state index contributed by atoms with van der Waals surface area (Å²) in [7, 11) is 0. The quantitative estimate of drug-likeness (QED) is 0.455. The molecule has 0 saturated carbocycles. The Morgan fingerprint density at radius 3 is 2.08 bits per heavy atom. The van der Waals surface area contributed by atoms with Gasteiger partial charge in [0, 0.05) is 0 Å². The Morgan fingerprint density at radius 2 is 1.75 bits per heavy atom. The first-order chi connectivity index (χ1) is 5.43. The lowest BCUT2D eigenvalue weighted by Gasteiger charge is -2.18. The van der Waals surface area contributed by atoms with Gasteiger partial charge in [-0.2, -0.15) is 0 Å². The Labute approximate surface area is 67.3 Å². The minimum Gasteiger partial charge on any atom is -0.445 e. The van der Waals surface area contributed by atoms with Crippen LogP contribution in [-0.2, 0) is 0 Å². The van der Waals surface area contributed by atoms with Crippen molar-refractivity contribution in [1.82, 2.24) is 0 Å². The van der Waals surface area contributed by atoms with Crippen LogP contribution in [0.25, 0.3) is 0 Å². The molecule has 12 heavy (non-hydrogen) atoms. The number of rotatable bonds is 1. The van der Waals surface area contributed by atoms with Crippen molar-refractivity contribution in [1.29, 1.82) is 0 Å². The summed E-state index contributed by atoms with van der Waals surface area (Å²) in [5.41, 5.74) is -1.18. The molecule has 1 aromatic carbocycles. The van der Waals surface area contributed by atoms with Gasteiger partial charge in [-0.25, -0.2) is 4.39 Å². The Bertz CT molecular complexity index is 272. The zero-order valence-electron chi connectivity index (χ0n) is 6.32. The molecule has 0 N–H and O–H groups in total. The van der Waals surface area contributed by atoms with E-state index < -0.39 is 18.3 Å². The monoisotopic (exact) mass is 177 g/mol. The second-order valence-electron chi connectivity index (χ2n) is 2.55. The summed E-state index contributed by atoms with van der Waals surface area (Å²) < 4.78 is 49.0. The van der Waals surface area contributed by atoms with Crippen molar-refractivity contribution in [2.75, 3.05) is 0 Å². The molecular formula is C7H6BF4-. The van der Waals surface area contributed by atoms with E-state index in [-0.39, 0.29) is 5.56 Å². The lowest BCUT2D eigenvalue weighted by atomic mass is 9.77. The average Bonchev–Trinajstić information content (AvgIpc) is 1.82. The van der Waals surface area contributed by atoms with Gasteiger partial charge in [0.25, 0.3) is 0 Å². The van der Waals surface area contributed by atoms with Crippen LogP contribution in [0.4, 0.5) is 17.3 Å². The van der Waals surface area contributed by atoms with Gasteiger partial charge in [-0.3, -0.25) is 0 Å². The summed E-state index contributed by atoms with van der Waals surface area (Å²) in [5, 5.41) is 0. The fraction of sp³-hybridized carbons (Fsp3) is 0.143. The summed E-state index contributed by atoms with van der Waals surface area (Å²) >= 11 is 0. The third kappa shape index (κ3) is 1.60. The number of halogens is 4. The van der Waals surface area contributed by atoms with Crippen LogP contribution in [0.3, 0.4) is 0 Å². The van der Waals surface area contributed by atoms with Gasteiger partial charge in [0.15, 0.2) is 0 Å². The van der Waals surface area contributed by atoms with Crippen molar-refractivity contribution in [2.24, 2.45) is 0 Å². The van der Waals surface area contributed by atoms with Crippen molar-refractivity contribution in [3.63, 3.8) is 0 Å². The highest BCUT2D eigenvalue weighted by Crippen LogP contribution is 2.13. The minimum atomic E-state index is -5.23. The third-order valence-electron chi connectivity index (χ3n) is 1.60. The topological polar surface area (TPSA) is 0 Å². The molecular weight excluding hydrogens is 171 g/mol. The maximum Gasteiger partial charge on any atom is 0.512 e. The Balaban J connectivity index is 3.31. The molecule has 5 heteroatoms. The van der Waals surface area contributed by atoms with Gasteiger partial charge in [-0.15, -0.1) is 0 Å². The van der Waals surface area contributed by atoms with Crippen LogP contribution >= 0.6 is 0 Å². The van der Waals surface area contributed by atoms with Crippen molar-refractivity contribution in [2.45, 2.75) is 6.92 Å². The van der Waals surface area contributed by atoms with Crippen molar-refractivity contribution >= 4 is 12.4 Å². The summed E-state index contributed by atoms with van der Waals surface area (Å²) in [6.07, 6.45) is 0. The summed E-state index contributed by atoms with van der Waals surface area (Å²) in [6, 6.07) is 3.32. The maximum absolute atomic E-state index is 12.6. The van der Waals surface area contributed by atoms with Crippen LogP contribution in [0.15, 0.2) is 18.2 Å². The molecule has 0 radical (unpaired) electrons. The Hall–Kier alpha value is -0.995. The van der Waals surface area contributed by atoms with Crippen molar-refractivity contribution < 1.29 is 17.3 Å². The molecule has 0 heterocycles. The summed E-state index contributed by atoms with van der Waals surface area (Å²) in [6.45, 7) is -3.99. The van der Waals surface area contributed by atoms with Crippen LogP contribution in [0.5, 0.6) is 0 Å². The normalized spacial score (nSPS) is 11.8. The van der Waals surface area contributed by atoms with Crippen molar-refractivity contribution in [3.8, 4) is 0 Å². The smallest absolute Gasteiger partial charge is 0.445 e. The number of hydrogen-bond acceptors (Lipinski definition) is 0. The third-order valence-corrected chi connectivity index (χ3v) is 1.60. The molecule has 0 aliphatic rings. The van der Waals surface area contributed by atoms with E-state index in [9.17, 15) is 17.3 Å². The SMILES string of the molecule is Cc1cccc(F)c1[B-](F)(F)F. The Morgan fingerprint density at radius 1 is 1.17 bits per heavy atom. The van der Waals surface area contributed by atoms with Gasteiger partial charge >= 0.3 is 6.98 Å². The highest BCUT2D eigenvalue weighted by Gasteiger charge is 2.30. The maximum atomic E-state index is 12.6. The molecule has 0 spiro atoms. The van der Waals surface area contributed by atoms with E-state index in [1.807, 2.05) is 0 Å². The second-order valence-corrected chi connectivity index (χ2v) is 2.55. The van der Waals surface area contributed by atoms with E-state index in [0.29, 0.717) is 0 Å². The predicted octanol–water partition coefficient (Wildman–Crippen LogP) is 2.19. The lowest BCUT2D eigenvalue weighted by molar-refractivity contribution is 0.493. The van der Waals surface area contributed by atoms with Gasteiger partial charge < -0.3 is 12.9 Å². The average molecular weight is 177 g/mol. The van der Waals surface area contributed by atoms with Gasteiger partial charge in [0.05, 0.1) is 5.82 Å². The van der Waals surface area contributed by atoms with Gasteiger partial charge in [0.2, 0.25) is 0 Å². The molecule has 1 rings (SSSR count). The van der Waals surface area contributed by atoms with E-state index in [4.69, 9.17) is 0 Å². The highest BCUT2D eigenvalue weighted by atomic mass is 19.4. The fourth-order valence-corrected chi connectivity index (χ4v) is 1.06. The van der Waals surface area contributed by atoms with Crippen LogP contribution in [0.2, 0.25) is 0 Å². The lowest BCUT2D eigenvalue weighted by Crippen LogP contribution is -2.38. The first-order valence-electron chi connectivity index (χ1n) is 3.38. The van der Waals surface area contributed by atoms with Crippen LogP contribution in [-0.4, -0.2) is 6.98 Å². The van der Waals surface area contributed by atoms with E-state index in [1.165, 1.54) is 19.1 Å². The molecule has 0 unspecified atom stereocenters. The summed E-state index contributed by atoms with van der Waals surface area (Å²) in [5.74, 6) is -1.19. The molecule has 0 bridgehead atoms. The van der Waals surface area contributed by atoms with Crippen molar-refractivity contribution in [3.05, 3.63) is 29.6 Å². The van der Waals surface area contributed by atoms with E-state index >= 15 is 0 Å². The zero-order valence-corrected chi connectivity index (χ0v) is 6.32. The van der Waals surface area contributed by atoms with Gasteiger partial charge in [-0.05, 0) is 13.0 Å². The molecule has 66 valence electrons. The van der Waals surface area contributed by atoms with Gasteiger partial charge in [-0.1, -0.05) is 23.2 Å². The molecule has 0 nitrogen and oxygen atoms in total. The van der Waals surface area contributed by atoms with E-state index in [1.54, 1.807) is 0 Å². The molecule has 0 atom stereocenters. The number of benzene rings is 1. The zero-order chi connectivity index (χ0) is 9.35. The molecule has 1 aromatic rings. The summed E-state index contributed by atoms with van der Waals surface area (Å²) in [4.78, 5) is 0. The molecule has 0 aromatic heterocycles. The van der Waals surface area contributed by atoms with Crippen LogP contribution in [0, 0.1) is 12.7 Å². The molecule has 0 saturated heterocycles. The van der Waals surface area contributed by atoms with E-state index in [2.05, 4.69) is 0 Å². The largest absolute Gasteiger partial charge is 0.512 e. The number of aryl methyl sites for hydroxylation is 1. The second kappa shape index (κ2) is 2.81. The predicted molar refractivity (Wildman–Crippen MR) is 39.8 cm³/mol. The van der Waals surface area contributed by atoms with Crippen LogP contribution in [0.1, 0.15) is 5.56 Å². The van der Waals surface area contributed by atoms with Gasteiger partial charge in [0.1, 0.15) is 0 Å². The molecule has 0 fully saturated rings. The first-order valence-corrected chi connectivity index (χ1v) is 3.38. The fourth-order valence-electron chi connectivity index (χ4n) is 1.06. The molecule has 0 aliphatic heterocycles. The Kier molecular flexibility index (Phi) is 2.13. The molecule has 0 aliphatic carbocycles.